The number of carbonyl (C=O) groups excluding carboxylic acids is 2. The zero-order valence-electron chi connectivity index (χ0n) is 12.9. The Morgan fingerprint density at radius 1 is 1.13 bits per heavy atom. The number of nitrogens with zero attached hydrogens (tertiary/aromatic N) is 3. The molecule has 1 aliphatic rings. The molecular formula is C15H19N3O5. The van der Waals surface area contributed by atoms with Crippen molar-refractivity contribution >= 4 is 17.7 Å². The van der Waals surface area contributed by atoms with Gasteiger partial charge in [-0.25, -0.2) is 4.79 Å². The van der Waals surface area contributed by atoms with Crippen molar-refractivity contribution in [1.29, 1.82) is 0 Å². The number of ether oxygens (including phenoxy) is 1. The van der Waals surface area contributed by atoms with Crippen LogP contribution in [0.1, 0.15) is 12.5 Å². The Morgan fingerprint density at radius 2 is 1.70 bits per heavy atom. The molecular weight excluding hydrogens is 302 g/mol. The number of hydrogen-bond acceptors (Lipinski definition) is 5. The molecule has 1 aliphatic heterocycles. The molecule has 1 saturated heterocycles. The average Bonchev–Trinajstić information content (AvgIpc) is 2.55. The number of nitro groups is 1. The lowest BCUT2D eigenvalue weighted by atomic mass is 10.1. The molecule has 0 unspecified atom stereocenters. The van der Waals surface area contributed by atoms with E-state index in [1.165, 1.54) is 12.1 Å². The highest BCUT2D eigenvalue weighted by Gasteiger charge is 2.24. The lowest BCUT2D eigenvalue weighted by molar-refractivity contribution is -0.384. The van der Waals surface area contributed by atoms with E-state index in [9.17, 15) is 19.7 Å². The molecule has 0 radical (unpaired) electrons. The van der Waals surface area contributed by atoms with Gasteiger partial charge >= 0.3 is 6.09 Å². The molecule has 0 saturated carbocycles. The summed E-state index contributed by atoms with van der Waals surface area (Å²) in [5.41, 5.74) is 0.734. The quantitative estimate of drug-likeness (QED) is 0.618. The first kappa shape index (κ1) is 16.7. The van der Waals surface area contributed by atoms with Gasteiger partial charge in [0.1, 0.15) is 0 Å². The predicted octanol–water partition coefficient (Wildman–Crippen LogP) is 1.44. The van der Waals surface area contributed by atoms with Gasteiger partial charge in [-0.2, -0.15) is 0 Å². The summed E-state index contributed by atoms with van der Waals surface area (Å²) < 4.78 is 4.93. The summed E-state index contributed by atoms with van der Waals surface area (Å²) in [6.07, 6.45) is -0.160. The molecule has 23 heavy (non-hydrogen) atoms. The van der Waals surface area contributed by atoms with Crippen LogP contribution in [0.15, 0.2) is 24.3 Å². The maximum atomic E-state index is 12.2. The van der Waals surface area contributed by atoms with E-state index in [2.05, 4.69) is 0 Å². The van der Waals surface area contributed by atoms with Crippen LogP contribution in [0.4, 0.5) is 10.5 Å². The van der Waals surface area contributed by atoms with Gasteiger partial charge in [-0.05, 0) is 12.5 Å². The van der Waals surface area contributed by atoms with E-state index >= 15 is 0 Å². The number of rotatable bonds is 4. The van der Waals surface area contributed by atoms with Gasteiger partial charge in [0.15, 0.2) is 0 Å². The van der Waals surface area contributed by atoms with E-state index in [-0.39, 0.29) is 24.1 Å². The molecule has 1 fully saturated rings. The number of amides is 2. The molecule has 0 bridgehead atoms. The summed E-state index contributed by atoms with van der Waals surface area (Å²) in [6.45, 7) is 3.91. The van der Waals surface area contributed by atoms with Gasteiger partial charge in [0, 0.05) is 38.3 Å². The fourth-order valence-electron chi connectivity index (χ4n) is 2.38. The van der Waals surface area contributed by atoms with Gasteiger partial charge in [0.2, 0.25) is 5.91 Å². The lowest BCUT2D eigenvalue weighted by Crippen LogP contribution is -2.51. The fourth-order valence-corrected chi connectivity index (χ4v) is 2.38. The van der Waals surface area contributed by atoms with Crippen molar-refractivity contribution in [2.45, 2.75) is 13.3 Å². The average molecular weight is 321 g/mol. The maximum absolute atomic E-state index is 12.2. The van der Waals surface area contributed by atoms with Gasteiger partial charge in [0.05, 0.1) is 18.0 Å². The standard InChI is InChI=1S/C15H19N3O5/c1-2-23-15(20)17-9-7-16(8-10-17)14(19)11-12-3-5-13(6-4-12)18(21)22/h3-6H,2,7-11H2,1H3. The van der Waals surface area contributed by atoms with Crippen LogP contribution in [0.5, 0.6) is 0 Å². The molecule has 1 heterocycles. The summed E-state index contributed by atoms with van der Waals surface area (Å²) in [5, 5.41) is 10.6. The summed E-state index contributed by atoms with van der Waals surface area (Å²) in [6, 6.07) is 5.96. The highest BCUT2D eigenvalue weighted by atomic mass is 16.6. The predicted molar refractivity (Wildman–Crippen MR) is 82.0 cm³/mol. The van der Waals surface area contributed by atoms with Crippen LogP contribution in [0.25, 0.3) is 0 Å². The first-order valence-corrected chi connectivity index (χ1v) is 7.44. The minimum absolute atomic E-state index is 0.00394. The first-order valence-electron chi connectivity index (χ1n) is 7.44. The molecule has 1 aromatic carbocycles. The van der Waals surface area contributed by atoms with Crippen LogP contribution >= 0.6 is 0 Å². The van der Waals surface area contributed by atoms with Crippen molar-refractivity contribution in [2.24, 2.45) is 0 Å². The van der Waals surface area contributed by atoms with Crippen molar-refractivity contribution in [1.82, 2.24) is 9.80 Å². The van der Waals surface area contributed by atoms with Crippen LogP contribution in [-0.4, -0.2) is 59.5 Å². The van der Waals surface area contributed by atoms with Gasteiger partial charge < -0.3 is 14.5 Å². The third-order valence-corrected chi connectivity index (χ3v) is 3.66. The highest BCUT2D eigenvalue weighted by molar-refractivity contribution is 5.79. The lowest BCUT2D eigenvalue weighted by Gasteiger charge is -2.34. The molecule has 0 atom stereocenters. The third-order valence-electron chi connectivity index (χ3n) is 3.66. The summed E-state index contributed by atoms with van der Waals surface area (Å²) in [5.74, 6) is -0.0534. The summed E-state index contributed by atoms with van der Waals surface area (Å²) in [7, 11) is 0. The molecule has 2 rings (SSSR count). The molecule has 124 valence electrons. The Labute approximate surface area is 133 Å². The topological polar surface area (TPSA) is 93.0 Å². The van der Waals surface area contributed by atoms with Gasteiger partial charge in [-0.1, -0.05) is 12.1 Å². The number of non-ortho nitro benzene ring substituents is 1. The molecule has 8 heteroatoms. The van der Waals surface area contributed by atoms with E-state index in [0.29, 0.717) is 32.8 Å². The fraction of sp³-hybridized carbons (Fsp3) is 0.467. The molecule has 0 spiro atoms. The Morgan fingerprint density at radius 3 is 2.22 bits per heavy atom. The van der Waals surface area contributed by atoms with Crippen molar-refractivity contribution in [3.8, 4) is 0 Å². The molecule has 0 aromatic heterocycles. The number of carbonyl (C=O) groups is 2. The van der Waals surface area contributed by atoms with Gasteiger partial charge in [-0.3, -0.25) is 14.9 Å². The Balaban J connectivity index is 1.85. The van der Waals surface area contributed by atoms with E-state index in [4.69, 9.17) is 4.74 Å². The molecule has 0 N–H and O–H groups in total. The molecule has 0 aliphatic carbocycles. The van der Waals surface area contributed by atoms with E-state index < -0.39 is 4.92 Å². The Kier molecular flexibility index (Phi) is 5.51. The zero-order valence-corrected chi connectivity index (χ0v) is 12.9. The minimum Gasteiger partial charge on any atom is -0.450 e. The van der Waals surface area contributed by atoms with Gasteiger partial charge in [0.25, 0.3) is 5.69 Å². The monoisotopic (exact) mass is 321 g/mol. The van der Waals surface area contributed by atoms with Crippen LogP contribution in [-0.2, 0) is 16.0 Å². The van der Waals surface area contributed by atoms with Crippen LogP contribution in [0.3, 0.4) is 0 Å². The number of hydrogen-bond donors (Lipinski definition) is 0. The highest BCUT2D eigenvalue weighted by Crippen LogP contribution is 2.13. The third kappa shape index (κ3) is 4.41. The van der Waals surface area contributed by atoms with E-state index in [1.807, 2.05) is 0 Å². The SMILES string of the molecule is CCOC(=O)N1CCN(C(=O)Cc2ccc([N+](=O)[O-])cc2)CC1. The van der Waals surface area contributed by atoms with E-state index in [1.54, 1.807) is 28.9 Å². The maximum Gasteiger partial charge on any atom is 0.409 e. The van der Waals surface area contributed by atoms with E-state index in [0.717, 1.165) is 5.56 Å². The number of benzene rings is 1. The first-order chi connectivity index (χ1) is 11.0. The van der Waals surface area contributed by atoms with Crippen molar-refractivity contribution in [3.63, 3.8) is 0 Å². The largest absolute Gasteiger partial charge is 0.450 e. The summed E-state index contributed by atoms with van der Waals surface area (Å²) in [4.78, 5) is 37.2. The summed E-state index contributed by atoms with van der Waals surface area (Å²) >= 11 is 0. The Bertz CT molecular complexity index is 579. The second-order valence-corrected chi connectivity index (χ2v) is 5.17. The van der Waals surface area contributed by atoms with Crippen molar-refractivity contribution in [3.05, 3.63) is 39.9 Å². The molecule has 1 aromatic rings. The second kappa shape index (κ2) is 7.57. The van der Waals surface area contributed by atoms with Gasteiger partial charge in [-0.15, -0.1) is 0 Å². The number of nitro benzene ring substituents is 1. The normalized spacial score (nSPS) is 14.5. The van der Waals surface area contributed by atoms with Crippen LogP contribution in [0.2, 0.25) is 0 Å². The van der Waals surface area contributed by atoms with Crippen molar-refractivity contribution in [2.75, 3.05) is 32.8 Å². The second-order valence-electron chi connectivity index (χ2n) is 5.17. The zero-order chi connectivity index (χ0) is 16.8. The minimum atomic E-state index is -0.472. The van der Waals surface area contributed by atoms with Crippen LogP contribution < -0.4 is 0 Å². The smallest absolute Gasteiger partial charge is 0.409 e. The number of piperazine rings is 1. The molecule has 8 nitrogen and oxygen atoms in total. The van der Waals surface area contributed by atoms with Crippen molar-refractivity contribution < 1.29 is 19.2 Å². The Hall–Kier alpha value is -2.64. The van der Waals surface area contributed by atoms with Crippen LogP contribution in [0, 0.1) is 10.1 Å². The molecule has 2 amide bonds.